The van der Waals surface area contributed by atoms with Crippen LogP contribution in [0.15, 0.2) is 42.5 Å². The zero-order chi connectivity index (χ0) is 14.8. The number of anilines is 1. The molecule has 4 nitrogen and oxygen atoms in total. The lowest BCUT2D eigenvalue weighted by Crippen LogP contribution is -2.07. The maximum atomic E-state index is 10.8. The highest BCUT2D eigenvalue weighted by atomic mass is 16.6. The number of hydrogen-bond acceptors (Lipinski definition) is 3. The zero-order valence-corrected chi connectivity index (χ0v) is 12.0. The van der Waals surface area contributed by atoms with E-state index >= 15 is 0 Å². The third-order valence-electron chi connectivity index (χ3n) is 4.06. The molecule has 0 bridgehead atoms. The summed E-state index contributed by atoms with van der Waals surface area (Å²) in [5.41, 5.74) is 5.02. The molecule has 4 heteroatoms. The third kappa shape index (κ3) is 2.89. The molecule has 0 spiro atoms. The summed E-state index contributed by atoms with van der Waals surface area (Å²) in [6, 6.07) is 13.4. The lowest BCUT2D eigenvalue weighted by atomic mass is 10.0. The molecule has 108 valence electrons. The molecule has 1 aliphatic carbocycles. The smallest absolute Gasteiger partial charge is 0.271 e. The molecular formula is C17H18N2O2. The average molecular weight is 282 g/mol. The Kier molecular flexibility index (Phi) is 3.60. The summed E-state index contributed by atoms with van der Waals surface area (Å²) in [5.74, 6) is 0. The van der Waals surface area contributed by atoms with E-state index in [1.165, 1.54) is 35.6 Å². The highest BCUT2D eigenvalue weighted by Crippen LogP contribution is 2.27. The molecule has 2 aromatic carbocycles. The van der Waals surface area contributed by atoms with Crippen molar-refractivity contribution < 1.29 is 4.92 Å². The van der Waals surface area contributed by atoms with Crippen LogP contribution in [0.25, 0.3) is 0 Å². The lowest BCUT2D eigenvalue weighted by molar-refractivity contribution is -0.384. The van der Waals surface area contributed by atoms with Crippen LogP contribution >= 0.6 is 0 Å². The minimum atomic E-state index is -0.370. The fourth-order valence-corrected chi connectivity index (χ4v) is 2.90. The van der Waals surface area contributed by atoms with E-state index in [0.29, 0.717) is 0 Å². The Morgan fingerprint density at radius 2 is 1.95 bits per heavy atom. The van der Waals surface area contributed by atoms with Crippen LogP contribution in [0.5, 0.6) is 0 Å². The molecule has 0 heterocycles. The van der Waals surface area contributed by atoms with Crippen molar-refractivity contribution in [1.29, 1.82) is 0 Å². The summed E-state index contributed by atoms with van der Waals surface area (Å²) in [7, 11) is 0. The summed E-state index contributed by atoms with van der Waals surface area (Å²) in [6.45, 7) is 2.08. The predicted octanol–water partition coefficient (Wildman–Crippen LogP) is 4.26. The molecule has 1 unspecified atom stereocenters. The van der Waals surface area contributed by atoms with Crippen LogP contribution in [0.1, 0.15) is 36.1 Å². The zero-order valence-electron chi connectivity index (χ0n) is 12.0. The van der Waals surface area contributed by atoms with Gasteiger partial charge in [0.1, 0.15) is 0 Å². The SMILES string of the molecule is CC(Nc1cccc([N+](=O)[O-])c1)c1ccc2c(c1)CCC2. The molecular weight excluding hydrogens is 264 g/mol. The fourth-order valence-electron chi connectivity index (χ4n) is 2.90. The predicted molar refractivity (Wildman–Crippen MR) is 83.6 cm³/mol. The van der Waals surface area contributed by atoms with Gasteiger partial charge in [0.15, 0.2) is 0 Å². The Bertz CT molecular complexity index is 682. The molecule has 21 heavy (non-hydrogen) atoms. The minimum Gasteiger partial charge on any atom is -0.378 e. The summed E-state index contributed by atoms with van der Waals surface area (Å²) in [6.07, 6.45) is 3.58. The molecule has 1 N–H and O–H groups in total. The second-order valence-electron chi connectivity index (χ2n) is 5.56. The van der Waals surface area contributed by atoms with Crippen LogP contribution in [0.4, 0.5) is 11.4 Å². The molecule has 0 saturated carbocycles. The van der Waals surface area contributed by atoms with E-state index < -0.39 is 0 Å². The highest BCUT2D eigenvalue weighted by molar-refractivity contribution is 5.52. The fraction of sp³-hybridized carbons (Fsp3) is 0.294. The Hall–Kier alpha value is -2.36. The number of nitrogens with zero attached hydrogens (tertiary/aromatic N) is 1. The quantitative estimate of drug-likeness (QED) is 0.673. The first-order valence-electron chi connectivity index (χ1n) is 7.26. The van der Waals surface area contributed by atoms with Crippen molar-refractivity contribution in [2.24, 2.45) is 0 Å². The van der Waals surface area contributed by atoms with Gasteiger partial charge in [0.05, 0.1) is 4.92 Å². The number of aryl methyl sites for hydroxylation is 2. The number of benzene rings is 2. The molecule has 0 saturated heterocycles. The number of fused-ring (bicyclic) bond motifs is 1. The van der Waals surface area contributed by atoms with E-state index in [4.69, 9.17) is 0 Å². The Balaban J connectivity index is 1.78. The van der Waals surface area contributed by atoms with Crippen molar-refractivity contribution in [3.63, 3.8) is 0 Å². The van der Waals surface area contributed by atoms with Crippen LogP contribution in [0.2, 0.25) is 0 Å². The number of hydrogen-bond donors (Lipinski definition) is 1. The van der Waals surface area contributed by atoms with E-state index in [-0.39, 0.29) is 16.7 Å². The number of rotatable bonds is 4. The van der Waals surface area contributed by atoms with Crippen LogP contribution in [-0.2, 0) is 12.8 Å². The molecule has 3 rings (SSSR count). The molecule has 0 fully saturated rings. The summed E-state index contributed by atoms with van der Waals surface area (Å²) in [5, 5.41) is 14.2. The van der Waals surface area contributed by atoms with Gasteiger partial charge in [-0.05, 0) is 48.9 Å². The van der Waals surface area contributed by atoms with Crippen molar-refractivity contribution >= 4 is 11.4 Å². The molecule has 1 aliphatic rings. The largest absolute Gasteiger partial charge is 0.378 e. The summed E-state index contributed by atoms with van der Waals surface area (Å²) in [4.78, 5) is 10.4. The van der Waals surface area contributed by atoms with Gasteiger partial charge in [-0.3, -0.25) is 10.1 Å². The van der Waals surface area contributed by atoms with E-state index in [1.54, 1.807) is 12.1 Å². The molecule has 1 atom stereocenters. The van der Waals surface area contributed by atoms with Gasteiger partial charge in [0.2, 0.25) is 0 Å². The van der Waals surface area contributed by atoms with Crippen LogP contribution in [-0.4, -0.2) is 4.92 Å². The molecule has 0 amide bonds. The number of nitrogens with one attached hydrogen (secondary N) is 1. The number of nitro benzene ring substituents is 1. The first-order chi connectivity index (χ1) is 10.1. The van der Waals surface area contributed by atoms with E-state index in [9.17, 15) is 10.1 Å². The maximum Gasteiger partial charge on any atom is 0.271 e. The minimum absolute atomic E-state index is 0.112. The second kappa shape index (κ2) is 5.56. The highest BCUT2D eigenvalue weighted by Gasteiger charge is 2.14. The van der Waals surface area contributed by atoms with Crippen LogP contribution < -0.4 is 5.32 Å². The van der Waals surface area contributed by atoms with Gasteiger partial charge in [-0.2, -0.15) is 0 Å². The van der Waals surface area contributed by atoms with Crippen molar-refractivity contribution in [2.75, 3.05) is 5.32 Å². The maximum absolute atomic E-state index is 10.8. The van der Waals surface area contributed by atoms with E-state index in [1.807, 2.05) is 6.07 Å². The first kappa shape index (κ1) is 13.6. The van der Waals surface area contributed by atoms with Gasteiger partial charge in [-0.15, -0.1) is 0 Å². The van der Waals surface area contributed by atoms with Gasteiger partial charge in [-0.1, -0.05) is 24.3 Å². The number of nitro groups is 1. The standard InChI is InChI=1S/C17H18N2O2/c1-12(14-9-8-13-4-2-5-15(13)10-14)18-16-6-3-7-17(11-16)19(20)21/h3,6-12,18H,2,4-5H2,1H3. The first-order valence-corrected chi connectivity index (χ1v) is 7.26. The monoisotopic (exact) mass is 282 g/mol. The second-order valence-corrected chi connectivity index (χ2v) is 5.56. The van der Waals surface area contributed by atoms with Gasteiger partial charge < -0.3 is 5.32 Å². The normalized spacial score (nSPS) is 14.5. The van der Waals surface area contributed by atoms with Crippen molar-refractivity contribution in [3.05, 3.63) is 69.3 Å². The van der Waals surface area contributed by atoms with Crippen molar-refractivity contribution in [2.45, 2.75) is 32.2 Å². The molecule has 2 aromatic rings. The average Bonchev–Trinajstić information content (AvgIpc) is 2.94. The topological polar surface area (TPSA) is 55.2 Å². The summed E-state index contributed by atoms with van der Waals surface area (Å²) >= 11 is 0. The van der Waals surface area contributed by atoms with Crippen molar-refractivity contribution in [3.8, 4) is 0 Å². The molecule has 0 aliphatic heterocycles. The van der Waals surface area contributed by atoms with Crippen LogP contribution in [0.3, 0.4) is 0 Å². The van der Waals surface area contributed by atoms with E-state index in [2.05, 4.69) is 30.4 Å². The van der Waals surface area contributed by atoms with Gasteiger partial charge in [-0.25, -0.2) is 0 Å². The molecule has 0 radical (unpaired) electrons. The summed E-state index contributed by atoms with van der Waals surface area (Å²) < 4.78 is 0. The Morgan fingerprint density at radius 1 is 1.14 bits per heavy atom. The van der Waals surface area contributed by atoms with Gasteiger partial charge in [0.25, 0.3) is 5.69 Å². The lowest BCUT2D eigenvalue weighted by Gasteiger charge is -2.16. The Labute approximate surface area is 124 Å². The van der Waals surface area contributed by atoms with E-state index in [0.717, 1.165) is 12.1 Å². The van der Waals surface area contributed by atoms with Gasteiger partial charge in [0, 0.05) is 23.9 Å². The Morgan fingerprint density at radius 3 is 2.76 bits per heavy atom. The van der Waals surface area contributed by atoms with Gasteiger partial charge >= 0.3 is 0 Å². The van der Waals surface area contributed by atoms with Crippen molar-refractivity contribution in [1.82, 2.24) is 0 Å². The molecule has 0 aromatic heterocycles. The van der Waals surface area contributed by atoms with Crippen LogP contribution in [0, 0.1) is 10.1 Å². The third-order valence-corrected chi connectivity index (χ3v) is 4.06. The number of non-ortho nitro benzene ring substituents is 1.